The van der Waals surface area contributed by atoms with Crippen molar-refractivity contribution in [2.45, 2.75) is 336 Å². The van der Waals surface area contributed by atoms with Crippen molar-refractivity contribution in [2.24, 2.45) is 0 Å². The lowest BCUT2D eigenvalue weighted by atomic mass is 9.84. The molecule has 17 atom stereocenters. The van der Waals surface area contributed by atoms with Crippen LogP contribution >= 0.6 is 7.82 Å². The van der Waals surface area contributed by atoms with Crippen LogP contribution in [0.4, 0.5) is 0 Å². The Balaban J connectivity index is 1.93. The van der Waals surface area contributed by atoms with Crippen LogP contribution in [0.25, 0.3) is 0 Å². The number of unbranched alkanes of at least 4 members (excludes halogenated alkanes) is 31. The summed E-state index contributed by atoms with van der Waals surface area (Å²) in [4.78, 5) is 24.4. The second kappa shape index (κ2) is 42.8. The number of aliphatic hydroxyl groups excluding tert-OH is 12. The molecule has 1 amide bonds. The van der Waals surface area contributed by atoms with Gasteiger partial charge in [-0.05, 0) is 12.8 Å². The Morgan fingerprint density at radius 1 is 0.494 bits per heavy atom. The first kappa shape index (κ1) is 72.1. The summed E-state index contributed by atoms with van der Waals surface area (Å²) in [6.45, 7) is 2.49. The molecule has 1 aliphatic heterocycles. The van der Waals surface area contributed by atoms with Gasteiger partial charge in [0, 0.05) is 0 Å². The largest absolute Gasteiger partial charge is 0.472 e. The summed E-state index contributed by atoms with van der Waals surface area (Å²) < 4.78 is 34.7. The summed E-state index contributed by atoms with van der Waals surface area (Å²) in [7, 11) is -5.55. The van der Waals surface area contributed by atoms with E-state index < -0.39 is 125 Å². The van der Waals surface area contributed by atoms with Gasteiger partial charge in [0.25, 0.3) is 5.91 Å². The van der Waals surface area contributed by atoms with Crippen molar-refractivity contribution in [3.63, 3.8) is 0 Å². The second-order valence-electron chi connectivity index (χ2n) is 22.3. The molecule has 1 aliphatic carbocycles. The van der Waals surface area contributed by atoms with E-state index in [0.29, 0.717) is 12.8 Å². The highest BCUT2D eigenvalue weighted by atomic mass is 31.2. The van der Waals surface area contributed by atoms with E-state index in [4.69, 9.17) is 18.5 Å². The van der Waals surface area contributed by atoms with E-state index in [1.165, 1.54) is 141 Å². The summed E-state index contributed by atoms with van der Waals surface area (Å²) in [5.41, 5.74) is 0. The molecule has 2 fully saturated rings. The van der Waals surface area contributed by atoms with Gasteiger partial charge in [-0.15, -0.1) is 0 Å². The first-order valence-corrected chi connectivity index (χ1v) is 31.8. The highest BCUT2D eigenvalue weighted by molar-refractivity contribution is 7.47. The fourth-order valence-electron chi connectivity index (χ4n) is 10.4. The number of carbonyl (C=O) groups is 1. The van der Waals surface area contributed by atoms with Crippen LogP contribution in [-0.4, -0.2) is 183 Å². The van der Waals surface area contributed by atoms with Crippen LogP contribution in [-0.2, 0) is 27.9 Å². The van der Waals surface area contributed by atoms with Gasteiger partial charge in [0.1, 0.15) is 67.1 Å². The Morgan fingerprint density at radius 2 is 0.844 bits per heavy atom. The Morgan fingerprint density at radius 3 is 1.23 bits per heavy atom. The molecule has 0 radical (unpaired) electrons. The summed E-state index contributed by atoms with van der Waals surface area (Å²) in [6.07, 6.45) is 8.84. The maximum absolute atomic E-state index is 13.6. The van der Waals surface area contributed by atoms with E-state index in [0.717, 1.165) is 57.8 Å². The van der Waals surface area contributed by atoms with Crippen molar-refractivity contribution in [1.82, 2.24) is 5.32 Å². The number of hydrogen-bond acceptors (Lipinski definition) is 18. The topological polar surface area (TPSA) is 346 Å². The number of amides is 1. The van der Waals surface area contributed by atoms with E-state index >= 15 is 0 Å². The molecule has 1 heterocycles. The predicted octanol–water partition coefficient (Wildman–Crippen LogP) is 5.75. The van der Waals surface area contributed by atoms with Crippen LogP contribution in [0.3, 0.4) is 0 Å². The molecule has 1 saturated heterocycles. The number of nitrogens with one attached hydrogen (secondary N) is 1. The number of phosphoric ester groups is 1. The van der Waals surface area contributed by atoms with Gasteiger partial charge in [0.2, 0.25) is 0 Å². The molecule has 20 nitrogen and oxygen atoms in total. The number of aliphatic hydroxyl groups is 12. The standard InChI is InChI=1S/C56H110NO19P/c1-3-5-7-9-11-13-15-17-18-19-20-21-22-23-24-25-27-29-31-33-35-37-42(60)45(62)55(70)57-40(44(61)41(59)36-34-32-30-28-26-16-14-12-10-8-6-4-2)39-73-77(71,72)76-54-51(68)49(66)48(65)50(67)53(54)75-56-52(69)47(64)46(63)43(38-58)74-56/h40-54,56,58-69H,3-39H2,1-2H3,(H,57,70)(H,71,72)/t40-,41?,42?,43+,44-,45?,46+,47-,48+,49+,50-,51+,52-,53+,54+,56?/m0/s1. The minimum absolute atomic E-state index is 0.0618. The van der Waals surface area contributed by atoms with Gasteiger partial charge >= 0.3 is 7.82 Å². The first-order chi connectivity index (χ1) is 36.9. The third kappa shape index (κ3) is 29.2. The minimum atomic E-state index is -5.55. The molecular formula is C56H110NO19P. The number of hydrogen-bond donors (Lipinski definition) is 14. The van der Waals surface area contributed by atoms with Crippen LogP contribution in [0.2, 0.25) is 0 Å². The number of carbonyl (C=O) groups excluding carboxylic acids is 1. The Bertz CT molecular complexity index is 1490. The fourth-order valence-corrected chi connectivity index (χ4v) is 11.4. The van der Waals surface area contributed by atoms with Crippen molar-refractivity contribution in [1.29, 1.82) is 0 Å². The van der Waals surface area contributed by atoms with Crippen LogP contribution in [0, 0.1) is 0 Å². The van der Waals surface area contributed by atoms with E-state index in [2.05, 4.69) is 19.2 Å². The maximum Gasteiger partial charge on any atom is 0.472 e. The predicted molar refractivity (Wildman–Crippen MR) is 292 cm³/mol. The lowest BCUT2D eigenvalue weighted by molar-refractivity contribution is -0.338. The Hall–Kier alpha value is -0.980. The molecular weight excluding hydrogens is 1020 g/mol. The molecule has 77 heavy (non-hydrogen) atoms. The van der Waals surface area contributed by atoms with Crippen molar-refractivity contribution >= 4 is 13.7 Å². The van der Waals surface area contributed by atoms with Crippen molar-refractivity contribution in [3.05, 3.63) is 0 Å². The van der Waals surface area contributed by atoms with Gasteiger partial charge in [-0.1, -0.05) is 226 Å². The summed E-state index contributed by atoms with van der Waals surface area (Å²) in [6, 6.07) is -1.71. The molecule has 0 aromatic heterocycles. The molecule has 2 rings (SSSR count). The minimum Gasteiger partial charge on any atom is -0.394 e. The summed E-state index contributed by atoms with van der Waals surface area (Å²) >= 11 is 0. The molecule has 0 spiro atoms. The highest BCUT2D eigenvalue weighted by Crippen LogP contribution is 2.48. The molecule has 1 saturated carbocycles. The number of phosphoric acid groups is 1. The van der Waals surface area contributed by atoms with E-state index in [-0.39, 0.29) is 12.8 Å². The van der Waals surface area contributed by atoms with E-state index in [9.17, 15) is 75.5 Å². The zero-order chi connectivity index (χ0) is 57.0. The molecule has 0 aromatic carbocycles. The maximum atomic E-state index is 13.6. The van der Waals surface area contributed by atoms with Crippen molar-refractivity contribution in [3.8, 4) is 0 Å². The van der Waals surface area contributed by atoms with Gasteiger partial charge < -0.3 is 81.0 Å². The molecule has 5 unspecified atom stereocenters. The van der Waals surface area contributed by atoms with Crippen LogP contribution in [0.5, 0.6) is 0 Å². The molecule has 0 aromatic rings. The number of ether oxygens (including phenoxy) is 2. The van der Waals surface area contributed by atoms with Crippen LogP contribution < -0.4 is 5.32 Å². The third-order valence-electron chi connectivity index (χ3n) is 15.6. The zero-order valence-corrected chi connectivity index (χ0v) is 48.0. The monoisotopic (exact) mass is 1130 g/mol. The highest BCUT2D eigenvalue weighted by Gasteiger charge is 2.55. The molecule has 458 valence electrons. The summed E-state index contributed by atoms with van der Waals surface area (Å²) in [5.74, 6) is -1.17. The lowest BCUT2D eigenvalue weighted by Crippen LogP contribution is -2.67. The van der Waals surface area contributed by atoms with Crippen LogP contribution in [0.1, 0.15) is 239 Å². The fraction of sp³-hybridized carbons (Fsp3) is 0.982. The van der Waals surface area contributed by atoms with E-state index in [1.807, 2.05) is 0 Å². The average molecular weight is 1130 g/mol. The normalized spacial score (nSPS) is 27.7. The summed E-state index contributed by atoms with van der Waals surface area (Å²) in [5, 5.41) is 130. The van der Waals surface area contributed by atoms with Gasteiger partial charge in [0.15, 0.2) is 12.4 Å². The molecule has 14 N–H and O–H groups in total. The van der Waals surface area contributed by atoms with E-state index in [1.54, 1.807) is 0 Å². The molecule has 21 heteroatoms. The smallest absolute Gasteiger partial charge is 0.394 e. The molecule has 0 bridgehead atoms. The van der Waals surface area contributed by atoms with Gasteiger partial charge in [-0.2, -0.15) is 0 Å². The van der Waals surface area contributed by atoms with Gasteiger partial charge in [-0.3, -0.25) is 13.8 Å². The SMILES string of the molecule is CCCCCCCCCCCCCCCCCCCCCCCC(O)C(O)C(=O)N[C@@H](COP(=O)(O)O[C@@H]1[C@H](O)[C@H](O)[C@@H](O)[C@H](O)[C@H]1OC1O[C@H](CO)[C@@H](O)[C@H](O)[C@@H]1O)[C@H](O)C(O)CCCCCCCCCCCCCC. The Labute approximate surface area is 461 Å². The first-order valence-electron chi connectivity index (χ1n) is 30.3. The Kier molecular flexibility index (Phi) is 40.1. The zero-order valence-electron chi connectivity index (χ0n) is 47.1. The quantitative estimate of drug-likeness (QED) is 0.0255. The third-order valence-corrected chi connectivity index (χ3v) is 16.6. The average Bonchev–Trinajstić information content (AvgIpc) is 3.41. The van der Waals surface area contributed by atoms with Crippen molar-refractivity contribution < 1.29 is 94.1 Å². The van der Waals surface area contributed by atoms with Crippen LogP contribution in [0.15, 0.2) is 0 Å². The van der Waals surface area contributed by atoms with Gasteiger partial charge in [0.05, 0.1) is 31.5 Å². The second-order valence-corrected chi connectivity index (χ2v) is 23.7. The molecule has 2 aliphatic rings. The number of rotatable bonds is 48. The van der Waals surface area contributed by atoms with Crippen molar-refractivity contribution in [2.75, 3.05) is 13.2 Å². The van der Waals surface area contributed by atoms with Gasteiger partial charge in [-0.25, -0.2) is 4.57 Å². The lowest BCUT2D eigenvalue weighted by Gasteiger charge is -2.47.